The van der Waals surface area contributed by atoms with Gasteiger partial charge in [0.05, 0.1) is 11.0 Å². The van der Waals surface area contributed by atoms with Crippen LogP contribution in [-0.4, -0.2) is 4.57 Å². The van der Waals surface area contributed by atoms with E-state index in [0.717, 1.165) is 17.1 Å². The Morgan fingerprint density at radius 2 is 1.04 bits per heavy atom. The number of hydrogen-bond acceptors (Lipinski definition) is 1. The average Bonchev–Trinajstić information content (AvgIpc) is 3.58. The monoisotopic (exact) mass is 626 g/mol. The number of para-hydroxylation sites is 2. The van der Waals surface area contributed by atoms with Crippen molar-refractivity contribution in [2.45, 2.75) is 19.3 Å². The number of benzene rings is 8. The van der Waals surface area contributed by atoms with Crippen LogP contribution in [0.1, 0.15) is 25.0 Å². The van der Waals surface area contributed by atoms with Crippen LogP contribution in [0.25, 0.3) is 60.2 Å². The number of rotatable bonds is 4. The fourth-order valence-electron chi connectivity index (χ4n) is 8.44. The molecule has 0 spiro atoms. The molecule has 8 aromatic carbocycles. The molecule has 0 radical (unpaired) electrons. The Labute approximate surface area is 286 Å². The van der Waals surface area contributed by atoms with E-state index in [4.69, 9.17) is 0 Å². The lowest BCUT2D eigenvalue weighted by molar-refractivity contribution is 0.666. The van der Waals surface area contributed by atoms with Gasteiger partial charge >= 0.3 is 0 Å². The molecule has 0 unspecified atom stereocenters. The molecule has 2 heteroatoms. The Kier molecular flexibility index (Phi) is 5.95. The summed E-state index contributed by atoms with van der Waals surface area (Å²) >= 11 is 0. The van der Waals surface area contributed by atoms with Crippen LogP contribution in [0.3, 0.4) is 0 Å². The highest BCUT2D eigenvalue weighted by Crippen LogP contribution is 2.53. The van der Waals surface area contributed by atoms with Gasteiger partial charge in [-0.1, -0.05) is 117 Å². The smallest absolute Gasteiger partial charge is 0.0547 e. The summed E-state index contributed by atoms with van der Waals surface area (Å²) in [6, 6.07) is 62.4. The third-order valence-corrected chi connectivity index (χ3v) is 10.7. The summed E-state index contributed by atoms with van der Waals surface area (Å²) in [5.41, 5.74) is 12.3. The molecule has 1 heterocycles. The van der Waals surface area contributed by atoms with Crippen LogP contribution in [0.5, 0.6) is 0 Å². The third-order valence-electron chi connectivity index (χ3n) is 10.7. The van der Waals surface area contributed by atoms with Gasteiger partial charge in [-0.15, -0.1) is 0 Å². The number of fused-ring (bicyclic) bond motifs is 9. The Morgan fingerprint density at radius 3 is 1.84 bits per heavy atom. The van der Waals surface area contributed by atoms with E-state index in [9.17, 15) is 0 Å². The number of hydrogen-bond donors (Lipinski definition) is 0. The lowest BCUT2D eigenvalue weighted by Gasteiger charge is -2.28. The van der Waals surface area contributed by atoms with Crippen LogP contribution < -0.4 is 4.90 Å². The third kappa shape index (κ3) is 4.14. The molecule has 9 aromatic rings. The van der Waals surface area contributed by atoms with Crippen LogP contribution in [0.2, 0.25) is 0 Å². The summed E-state index contributed by atoms with van der Waals surface area (Å²) in [7, 11) is 0. The Balaban J connectivity index is 1.20. The first-order valence-electron chi connectivity index (χ1n) is 17.1. The van der Waals surface area contributed by atoms with E-state index in [0.29, 0.717) is 0 Å². The number of nitrogens with zero attached hydrogens (tertiary/aromatic N) is 2. The van der Waals surface area contributed by atoms with Crippen LogP contribution in [0, 0.1) is 0 Å². The van der Waals surface area contributed by atoms with Gasteiger partial charge < -0.3 is 9.47 Å². The molecule has 0 amide bonds. The Bertz CT molecular complexity index is 2740. The SMILES string of the molecule is CC1(C)c2cc(N(c3ccccc3)c3ccc4c(c3)c3cc5ccccc5cc3n4-c3ccccc3)ccc2-c2ccc3ccccc3c21. The molecule has 0 N–H and O–H groups in total. The normalized spacial score (nSPS) is 13.3. The zero-order valence-corrected chi connectivity index (χ0v) is 27.6. The molecule has 0 atom stereocenters. The van der Waals surface area contributed by atoms with Gasteiger partial charge in [0.1, 0.15) is 0 Å². The molecule has 10 rings (SSSR count). The van der Waals surface area contributed by atoms with Crippen LogP contribution in [0.4, 0.5) is 17.1 Å². The van der Waals surface area contributed by atoms with Gasteiger partial charge in [0.25, 0.3) is 0 Å². The van der Waals surface area contributed by atoms with Gasteiger partial charge in [0.2, 0.25) is 0 Å². The highest BCUT2D eigenvalue weighted by Gasteiger charge is 2.37. The second kappa shape index (κ2) is 10.4. The summed E-state index contributed by atoms with van der Waals surface area (Å²) in [6.07, 6.45) is 0. The molecule has 0 bridgehead atoms. The maximum atomic E-state index is 2.43. The lowest BCUT2D eigenvalue weighted by atomic mass is 9.80. The minimum atomic E-state index is -0.141. The summed E-state index contributed by atoms with van der Waals surface area (Å²) in [5, 5.41) is 7.63. The Morgan fingerprint density at radius 1 is 0.429 bits per heavy atom. The fourth-order valence-corrected chi connectivity index (χ4v) is 8.44. The van der Waals surface area contributed by atoms with Crippen molar-refractivity contribution in [1.29, 1.82) is 0 Å². The van der Waals surface area contributed by atoms with Crippen molar-refractivity contribution in [2.24, 2.45) is 0 Å². The summed E-state index contributed by atoms with van der Waals surface area (Å²) < 4.78 is 2.41. The molecular formula is C47H34N2. The lowest BCUT2D eigenvalue weighted by Crippen LogP contribution is -2.17. The van der Waals surface area contributed by atoms with Crippen molar-refractivity contribution in [3.63, 3.8) is 0 Å². The van der Waals surface area contributed by atoms with Gasteiger partial charge in [-0.25, -0.2) is 0 Å². The standard InChI is InChI=1S/C47H34N2/c1-47(2)43-30-37(22-25-39(43)40-24-21-31-13-11-12-20-38(31)46(40)47)48(34-16-5-3-6-17-34)36-23-26-44-42(29-36)41-27-32-14-9-10-15-33(32)28-45(41)49(44)35-18-7-4-8-19-35/h3-30H,1-2H3. The molecule has 1 aliphatic carbocycles. The largest absolute Gasteiger partial charge is 0.310 e. The topological polar surface area (TPSA) is 8.17 Å². The van der Waals surface area contributed by atoms with Crippen molar-refractivity contribution >= 4 is 60.4 Å². The van der Waals surface area contributed by atoms with Gasteiger partial charge in [0, 0.05) is 38.9 Å². The van der Waals surface area contributed by atoms with Crippen molar-refractivity contribution in [2.75, 3.05) is 4.90 Å². The molecule has 0 aliphatic heterocycles. The van der Waals surface area contributed by atoms with E-state index in [1.807, 2.05) is 0 Å². The number of anilines is 3. The fraction of sp³-hybridized carbons (Fsp3) is 0.0638. The first kappa shape index (κ1) is 27.9. The zero-order chi connectivity index (χ0) is 32.7. The van der Waals surface area contributed by atoms with E-state index < -0.39 is 0 Å². The van der Waals surface area contributed by atoms with E-state index in [-0.39, 0.29) is 5.41 Å². The van der Waals surface area contributed by atoms with Crippen LogP contribution in [0.15, 0.2) is 170 Å². The van der Waals surface area contributed by atoms with E-state index in [1.54, 1.807) is 0 Å². The van der Waals surface area contributed by atoms with Crippen molar-refractivity contribution < 1.29 is 0 Å². The molecule has 2 nitrogen and oxygen atoms in total. The summed E-state index contributed by atoms with van der Waals surface area (Å²) in [4.78, 5) is 2.42. The predicted molar refractivity (Wildman–Crippen MR) is 208 cm³/mol. The Hall–Kier alpha value is -6.12. The highest BCUT2D eigenvalue weighted by molar-refractivity contribution is 6.14. The molecular weight excluding hydrogens is 593 g/mol. The molecule has 0 saturated carbocycles. The van der Waals surface area contributed by atoms with Crippen molar-refractivity contribution in [1.82, 2.24) is 4.57 Å². The molecule has 0 saturated heterocycles. The van der Waals surface area contributed by atoms with Crippen molar-refractivity contribution in [3.8, 4) is 16.8 Å². The van der Waals surface area contributed by atoms with Gasteiger partial charge in [-0.05, 0) is 111 Å². The van der Waals surface area contributed by atoms with Gasteiger partial charge in [-0.3, -0.25) is 0 Å². The average molecular weight is 627 g/mol. The first-order valence-corrected chi connectivity index (χ1v) is 17.1. The second-order valence-corrected chi connectivity index (χ2v) is 13.8. The van der Waals surface area contributed by atoms with E-state index in [2.05, 4.69) is 193 Å². The maximum Gasteiger partial charge on any atom is 0.0547 e. The maximum absolute atomic E-state index is 2.43. The highest BCUT2D eigenvalue weighted by atomic mass is 15.1. The molecule has 0 fully saturated rings. The minimum absolute atomic E-state index is 0.141. The van der Waals surface area contributed by atoms with Gasteiger partial charge in [0.15, 0.2) is 0 Å². The zero-order valence-electron chi connectivity index (χ0n) is 27.6. The molecule has 49 heavy (non-hydrogen) atoms. The predicted octanol–water partition coefficient (Wildman–Crippen LogP) is 12.9. The van der Waals surface area contributed by atoms with Crippen molar-refractivity contribution in [3.05, 3.63) is 181 Å². The minimum Gasteiger partial charge on any atom is -0.310 e. The quantitative estimate of drug-likeness (QED) is 0.189. The van der Waals surface area contributed by atoms with E-state index >= 15 is 0 Å². The van der Waals surface area contributed by atoms with Crippen LogP contribution in [-0.2, 0) is 5.41 Å². The van der Waals surface area contributed by atoms with E-state index in [1.165, 1.54) is 71.3 Å². The van der Waals surface area contributed by atoms with Crippen LogP contribution >= 0.6 is 0 Å². The first-order chi connectivity index (χ1) is 24.1. The molecule has 1 aromatic heterocycles. The summed E-state index contributed by atoms with van der Waals surface area (Å²) in [6.45, 7) is 4.77. The molecule has 232 valence electrons. The molecule has 1 aliphatic rings. The number of aromatic nitrogens is 1. The summed E-state index contributed by atoms with van der Waals surface area (Å²) in [5.74, 6) is 0. The second-order valence-electron chi connectivity index (χ2n) is 13.8. The van der Waals surface area contributed by atoms with Gasteiger partial charge in [-0.2, -0.15) is 0 Å².